The second kappa shape index (κ2) is 9.62. The summed E-state index contributed by atoms with van der Waals surface area (Å²) in [5.74, 6) is -1.14. The third-order valence-electron chi connectivity index (χ3n) is 8.95. The molecule has 7 rings (SSSR count). The van der Waals surface area contributed by atoms with E-state index < -0.39 is 46.3 Å². The molecule has 0 saturated carbocycles. The number of halogens is 5. The molecule has 0 amide bonds. The van der Waals surface area contributed by atoms with Crippen LogP contribution in [0.5, 0.6) is 11.8 Å². The highest BCUT2D eigenvalue weighted by molar-refractivity contribution is 5.92. The number of anilines is 1. The summed E-state index contributed by atoms with van der Waals surface area (Å²) in [7, 11) is 0. The zero-order chi connectivity index (χ0) is 28.5. The predicted molar refractivity (Wildman–Crippen MR) is 140 cm³/mol. The van der Waals surface area contributed by atoms with Gasteiger partial charge in [0.25, 0.3) is 0 Å². The van der Waals surface area contributed by atoms with Gasteiger partial charge in [0.15, 0.2) is 5.82 Å². The van der Waals surface area contributed by atoms with Crippen molar-refractivity contribution in [1.29, 1.82) is 0 Å². The molecule has 2 unspecified atom stereocenters. The predicted octanol–water partition coefficient (Wildman–Crippen LogP) is 4.45. The average Bonchev–Trinajstić information content (AvgIpc) is 3.57. The van der Waals surface area contributed by atoms with E-state index >= 15 is 4.39 Å². The van der Waals surface area contributed by atoms with Crippen molar-refractivity contribution in [2.24, 2.45) is 0 Å². The van der Waals surface area contributed by atoms with E-state index in [1.807, 2.05) is 4.90 Å². The van der Waals surface area contributed by atoms with Crippen LogP contribution in [0.3, 0.4) is 0 Å². The molecule has 2 bridgehead atoms. The van der Waals surface area contributed by atoms with Gasteiger partial charge in [-0.3, -0.25) is 9.88 Å². The lowest BCUT2D eigenvalue weighted by Crippen LogP contribution is -2.51. The van der Waals surface area contributed by atoms with Crippen LogP contribution in [0.2, 0.25) is 0 Å². The summed E-state index contributed by atoms with van der Waals surface area (Å²) in [5.41, 5.74) is -3.04. The van der Waals surface area contributed by atoms with Gasteiger partial charge in [0.05, 0.1) is 16.5 Å². The van der Waals surface area contributed by atoms with Crippen molar-refractivity contribution in [2.75, 3.05) is 37.7 Å². The number of piperazine rings is 1. The quantitative estimate of drug-likeness (QED) is 0.431. The molecule has 0 radical (unpaired) electrons. The van der Waals surface area contributed by atoms with E-state index in [1.54, 1.807) is 0 Å². The maximum atomic E-state index is 16.2. The molecule has 41 heavy (non-hydrogen) atoms. The van der Waals surface area contributed by atoms with Gasteiger partial charge < -0.3 is 20.1 Å². The van der Waals surface area contributed by atoms with E-state index in [2.05, 4.69) is 25.2 Å². The second-order valence-electron chi connectivity index (χ2n) is 11.6. The maximum Gasteiger partial charge on any atom is 0.417 e. The summed E-state index contributed by atoms with van der Waals surface area (Å²) in [6.45, 7) is 2.45. The number of phenolic OH excluding ortho intramolecular Hbond substituents is 1. The van der Waals surface area contributed by atoms with Gasteiger partial charge in [-0.1, -0.05) is 0 Å². The summed E-state index contributed by atoms with van der Waals surface area (Å²) in [4.78, 5) is 17.2. The minimum Gasteiger partial charge on any atom is -0.508 e. The number of benzene rings is 1. The molecule has 2 N–H and O–H groups in total. The van der Waals surface area contributed by atoms with E-state index in [9.17, 15) is 22.7 Å². The SMILES string of the molecule is Oc1ccc(C(F)(F)F)c(-c2ncc3c(N4CC5CCC(C4)N5)nc(OC[C@@]45CCCN4C[C@H](F)C5)nc3c2F)c1. The van der Waals surface area contributed by atoms with Crippen LogP contribution < -0.4 is 15.0 Å². The molecule has 8 nitrogen and oxygen atoms in total. The zero-order valence-corrected chi connectivity index (χ0v) is 22.1. The number of ether oxygens (including phenoxy) is 1. The lowest BCUT2D eigenvalue weighted by Gasteiger charge is -2.34. The van der Waals surface area contributed by atoms with Gasteiger partial charge in [-0.05, 0) is 50.4 Å². The number of nitrogens with zero attached hydrogens (tertiary/aromatic N) is 5. The van der Waals surface area contributed by atoms with Crippen LogP contribution in [0, 0.1) is 5.82 Å². The molecule has 2 aromatic heterocycles. The highest BCUT2D eigenvalue weighted by Crippen LogP contribution is 2.42. The first-order valence-electron chi connectivity index (χ1n) is 13.9. The molecule has 4 saturated heterocycles. The molecule has 1 aromatic carbocycles. The van der Waals surface area contributed by atoms with Crippen LogP contribution in [0.4, 0.5) is 27.8 Å². The summed E-state index contributed by atoms with van der Waals surface area (Å²) in [6.07, 6.45) is -0.500. The molecule has 4 aliphatic heterocycles. The number of alkyl halides is 4. The van der Waals surface area contributed by atoms with Crippen molar-refractivity contribution >= 4 is 16.7 Å². The van der Waals surface area contributed by atoms with E-state index in [1.165, 1.54) is 6.20 Å². The van der Waals surface area contributed by atoms with Crippen molar-refractivity contribution in [2.45, 2.75) is 62.1 Å². The maximum absolute atomic E-state index is 16.2. The standard InChI is InChI=1S/C28H29F5N6O2/c29-15-9-27(6-1-7-39(27)11-15)14-41-26-36-24-20(25(37-26)38-12-16-2-3-17(13-38)35-16)10-34-23(22(24)30)19-8-18(40)4-5-21(19)28(31,32)33/h4-5,8,10,15-17,35,40H,1-3,6-7,9,11-14H2/t15-,16?,17?,27+/m1/s1. The Morgan fingerprint density at radius 2 is 1.90 bits per heavy atom. The number of phenols is 1. The van der Waals surface area contributed by atoms with Gasteiger partial charge in [-0.25, -0.2) is 8.78 Å². The molecule has 13 heteroatoms. The summed E-state index contributed by atoms with van der Waals surface area (Å²) in [6, 6.07) is 2.77. The number of hydrogen-bond donors (Lipinski definition) is 2. The number of aromatic hydroxyl groups is 1. The van der Waals surface area contributed by atoms with Crippen molar-refractivity contribution in [3.05, 3.63) is 35.8 Å². The zero-order valence-electron chi connectivity index (χ0n) is 22.1. The normalized spacial score (nSPS) is 28.0. The Kier molecular flexibility index (Phi) is 6.23. The first-order valence-corrected chi connectivity index (χ1v) is 13.9. The van der Waals surface area contributed by atoms with Gasteiger partial charge in [0.1, 0.15) is 35.6 Å². The molecule has 0 spiro atoms. The van der Waals surface area contributed by atoms with Crippen molar-refractivity contribution < 1.29 is 31.8 Å². The highest BCUT2D eigenvalue weighted by atomic mass is 19.4. The number of rotatable bonds is 5. The van der Waals surface area contributed by atoms with E-state index in [0.717, 1.165) is 44.4 Å². The molecule has 3 aromatic rings. The van der Waals surface area contributed by atoms with E-state index in [0.29, 0.717) is 37.9 Å². The van der Waals surface area contributed by atoms with Gasteiger partial charge in [-0.15, -0.1) is 0 Å². The first-order chi connectivity index (χ1) is 19.6. The molecule has 4 fully saturated rings. The monoisotopic (exact) mass is 576 g/mol. The fourth-order valence-corrected chi connectivity index (χ4v) is 7.11. The molecular formula is C28H29F5N6O2. The van der Waals surface area contributed by atoms with Gasteiger partial charge in [0, 0.05) is 49.9 Å². The number of hydrogen-bond acceptors (Lipinski definition) is 8. The average molecular weight is 577 g/mol. The number of fused-ring (bicyclic) bond motifs is 4. The second-order valence-corrected chi connectivity index (χ2v) is 11.6. The third-order valence-corrected chi connectivity index (χ3v) is 8.95. The summed E-state index contributed by atoms with van der Waals surface area (Å²) >= 11 is 0. The van der Waals surface area contributed by atoms with Crippen LogP contribution in [-0.4, -0.2) is 81.5 Å². The summed E-state index contributed by atoms with van der Waals surface area (Å²) in [5, 5.41) is 13.7. The Hall–Kier alpha value is -3.32. The van der Waals surface area contributed by atoms with Gasteiger partial charge in [-0.2, -0.15) is 23.1 Å². The lowest BCUT2D eigenvalue weighted by molar-refractivity contribution is -0.137. The molecule has 218 valence electrons. The summed E-state index contributed by atoms with van der Waals surface area (Å²) < 4.78 is 78.1. The Balaban J connectivity index is 1.33. The Labute approximate surface area is 232 Å². The van der Waals surface area contributed by atoms with Crippen LogP contribution in [0.25, 0.3) is 22.2 Å². The van der Waals surface area contributed by atoms with Crippen LogP contribution in [-0.2, 0) is 6.18 Å². The number of aromatic nitrogens is 3. The lowest BCUT2D eigenvalue weighted by atomic mass is 9.95. The van der Waals surface area contributed by atoms with Crippen molar-refractivity contribution in [3.63, 3.8) is 0 Å². The topological polar surface area (TPSA) is 86.6 Å². The Morgan fingerprint density at radius 1 is 1.12 bits per heavy atom. The molecule has 0 aliphatic carbocycles. The third kappa shape index (κ3) is 4.62. The van der Waals surface area contributed by atoms with E-state index in [4.69, 9.17) is 4.74 Å². The van der Waals surface area contributed by atoms with Crippen LogP contribution >= 0.6 is 0 Å². The van der Waals surface area contributed by atoms with Gasteiger partial charge >= 0.3 is 12.2 Å². The minimum atomic E-state index is -4.81. The van der Waals surface area contributed by atoms with Crippen LogP contribution in [0.1, 0.15) is 37.7 Å². The van der Waals surface area contributed by atoms with Crippen molar-refractivity contribution in [3.8, 4) is 23.0 Å². The first kappa shape index (κ1) is 26.6. The molecular weight excluding hydrogens is 547 g/mol. The molecule has 4 aliphatic rings. The molecule has 4 atom stereocenters. The minimum absolute atomic E-state index is 0.120. The fraction of sp³-hybridized carbons (Fsp3) is 0.536. The largest absolute Gasteiger partial charge is 0.508 e. The van der Waals surface area contributed by atoms with E-state index in [-0.39, 0.29) is 35.6 Å². The van der Waals surface area contributed by atoms with Crippen LogP contribution in [0.15, 0.2) is 24.4 Å². The smallest absolute Gasteiger partial charge is 0.417 e. The highest BCUT2D eigenvalue weighted by Gasteiger charge is 2.49. The number of nitrogens with one attached hydrogen (secondary N) is 1. The fourth-order valence-electron chi connectivity index (χ4n) is 7.11. The van der Waals surface area contributed by atoms with Gasteiger partial charge in [0.2, 0.25) is 0 Å². The Morgan fingerprint density at radius 3 is 2.66 bits per heavy atom. The van der Waals surface area contributed by atoms with Crippen molar-refractivity contribution in [1.82, 2.24) is 25.2 Å². The molecule has 6 heterocycles. The number of pyridine rings is 1. The Bertz CT molecular complexity index is 1490.